The molecule has 2 rings (SSSR count). The Morgan fingerprint density at radius 1 is 1.23 bits per heavy atom. The molecule has 2 aromatic rings. The van der Waals surface area contributed by atoms with Gasteiger partial charge in [-0.25, -0.2) is 8.78 Å². The molecule has 1 atom stereocenters. The van der Waals surface area contributed by atoms with Crippen LogP contribution in [-0.2, 0) is 4.79 Å². The van der Waals surface area contributed by atoms with E-state index in [1.807, 2.05) is 31.2 Å². The summed E-state index contributed by atoms with van der Waals surface area (Å²) in [6.45, 7) is 3.88. The number of amides is 1. The Hall–Kier alpha value is -2.27. The second-order valence-electron chi connectivity index (χ2n) is 5.31. The number of carbonyl (C=O) groups excluding carboxylic acids is 1. The normalized spacial score (nSPS) is 12.0. The van der Waals surface area contributed by atoms with E-state index < -0.39 is 11.6 Å². The van der Waals surface area contributed by atoms with E-state index in [0.717, 1.165) is 17.3 Å². The van der Waals surface area contributed by atoms with Crippen LogP contribution in [0.25, 0.3) is 0 Å². The van der Waals surface area contributed by atoms with Crippen molar-refractivity contribution in [2.24, 2.45) is 0 Å². The number of hydrogen-bond acceptors (Lipinski definition) is 1. The van der Waals surface area contributed by atoms with Crippen molar-refractivity contribution < 1.29 is 18.9 Å². The van der Waals surface area contributed by atoms with Gasteiger partial charge in [0.05, 0.1) is 0 Å². The maximum atomic E-state index is 13.7. The molecule has 0 radical (unpaired) electrons. The maximum Gasteiger partial charge on any atom is 0.279 e. The summed E-state index contributed by atoms with van der Waals surface area (Å²) in [7, 11) is 0. The lowest BCUT2D eigenvalue weighted by molar-refractivity contribution is -0.682. The number of nitrogens with two attached hydrogens (primary N) is 1. The summed E-state index contributed by atoms with van der Waals surface area (Å²) in [5.41, 5.74) is 2.17. The molecule has 0 fully saturated rings. The van der Waals surface area contributed by atoms with E-state index in [1.165, 1.54) is 12.1 Å². The van der Waals surface area contributed by atoms with E-state index in [9.17, 15) is 13.6 Å². The van der Waals surface area contributed by atoms with Crippen LogP contribution >= 0.6 is 0 Å². The minimum absolute atomic E-state index is 0.159. The summed E-state index contributed by atoms with van der Waals surface area (Å²) in [6.07, 6.45) is 0. The van der Waals surface area contributed by atoms with Gasteiger partial charge in [0.2, 0.25) is 0 Å². The van der Waals surface area contributed by atoms with Crippen molar-refractivity contribution in [3.63, 3.8) is 0 Å². The first-order chi connectivity index (χ1) is 10.5. The van der Waals surface area contributed by atoms with Crippen LogP contribution in [0, 0.1) is 18.6 Å². The third-order valence-corrected chi connectivity index (χ3v) is 3.41. The second-order valence-corrected chi connectivity index (χ2v) is 5.31. The minimum Gasteiger partial charge on any atom is -0.332 e. The van der Waals surface area contributed by atoms with Crippen molar-refractivity contribution >= 4 is 11.6 Å². The minimum atomic E-state index is -0.606. The molecule has 0 unspecified atom stereocenters. The van der Waals surface area contributed by atoms with Gasteiger partial charge in [0.1, 0.15) is 17.7 Å². The first kappa shape index (κ1) is 16.1. The number of benzene rings is 2. The molecule has 2 aromatic carbocycles. The highest BCUT2D eigenvalue weighted by Crippen LogP contribution is 2.14. The summed E-state index contributed by atoms with van der Waals surface area (Å²) >= 11 is 0. The van der Waals surface area contributed by atoms with E-state index in [0.29, 0.717) is 5.56 Å². The van der Waals surface area contributed by atoms with Crippen LogP contribution in [0.4, 0.5) is 14.5 Å². The van der Waals surface area contributed by atoms with Gasteiger partial charge in [-0.15, -0.1) is 0 Å². The number of anilines is 1. The summed E-state index contributed by atoms with van der Waals surface area (Å²) in [6, 6.07) is 10.7. The van der Waals surface area contributed by atoms with Crippen molar-refractivity contribution in [1.82, 2.24) is 0 Å². The van der Waals surface area contributed by atoms with Gasteiger partial charge in [0, 0.05) is 17.3 Å². The Morgan fingerprint density at radius 3 is 2.68 bits per heavy atom. The third-order valence-electron chi connectivity index (χ3n) is 3.41. The first-order valence-electron chi connectivity index (χ1n) is 7.10. The SMILES string of the molecule is Cc1cccc(NC(=O)C[NH2+][C@@H](C)c2ccc(F)cc2F)c1. The van der Waals surface area contributed by atoms with E-state index in [4.69, 9.17) is 0 Å². The zero-order valence-corrected chi connectivity index (χ0v) is 12.6. The quantitative estimate of drug-likeness (QED) is 0.876. The monoisotopic (exact) mass is 305 g/mol. The molecule has 0 heterocycles. The largest absolute Gasteiger partial charge is 0.332 e. The number of aryl methyl sites for hydroxylation is 1. The van der Waals surface area contributed by atoms with E-state index in [-0.39, 0.29) is 18.5 Å². The number of carbonyl (C=O) groups is 1. The third kappa shape index (κ3) is 4.36. The molecule has 0 aromatic heterocycles. The Balaban J connectivity index is 1.90. The van der Waals surface area contributed by atoms with Crippen molar-refractivity contribution in [2.75, 3.05) is 11.9 Å². The fraction of sp³-hybridized carbons (Fsp3) is 0.235. The Labute approximate surface area is 128 Å². The molecule has 0 bridgehead atoms. The standard InChI is InChI=1S/C17H18F2N2O/c1-11-4-3-5-14(8-11)21-17(22)10-20-12(2)15-7-6-13(18)9-16(15)19/h3-9,12,20H,10H2,1-2H3,(H,21,22)/p+1/t12-/m0/s1. The summed E-state index contributed by atoms with van der Waals surface area (Å²) < 4.78 is 26.5. The Bertz CT molecular complexity index is 673. The second kappa shape index (κ2) is 7.13. The zero-order valence-electron chi connectivity index (χ0n) is 12.6. The van der Waals surface area contributed by atoms with E-state index in [2.05, 4.69) is 5.32 Å². The average Bonchev–Trinajstić information content (AvgIpc) is 2.45. The van der Waals surface area contributed by atoms with Gasteiger partial charge < -0.3 is 10.6 Å². The summed E-state index contributed by atoms with van der Waals surface area (Å²) in [5.74, 6) is -1.37. The highest BCUT2D eigenvalue weighted by Gasteiger charge is 2.16. The lowest BCUT2D eigenvalue weighted by atomic mass is 10.1. The summed E-state index contributed by atoms with van der Waals surface area (Å²) in [5, 5.41) is 4.50. The molecule has 116 valence electrons. The van der Waals surface area contributed by atoms with Crippen molar-refractivity contribution in [3.05, 3.63) is 65.2 Å². The maximum absolute atomic E-state index is 13.7. The molecule has 0 spiro atoms. The molecule has 0 aliphatic rings. The van der Waals surface area contributed by atoms with Crippen LogP contribution in [0.2, 0.25) is 0 Å². The fourth-order valence-corrected chi connectivity index (χ4v) is 2.22. The molecule has 0 saturated carbocycles. The fourth-order valence-electron chi connectivity index (χ4n) is 2.22. The van der Waals surface area contributed by atoms with Crippen LogP contribution in [0.15, 0.2) is 42.5 Å². The topological polar surface area (TPSA) is 45.7 Å². The van der Waals surface area contributed by atoms with Crippen LogP contribution in [0.5, 0.6) is 0 Å². The average molecular weight is 305 g/mol. The van der Waals surface area contributed by atoms with Crippen LogP contribution in [-0.4, -0.2) is 12.5 Å². The van der Waals surface area contributed by atoms with E-state index in [1.54, 1.807) is 12.2 Å². The van der Waals surface area contributed by atoms with Crippen LogP contribution in [0.3, 0.4) is 0 Å². The molecule has 5 heteroatoms. The van der Waals surface area contributed by atoms with Gasteiger partial charge >= 0.3 is 0 Å². The highest BCUT2D eigenvalue weighted by molar-refractivity contribution is 5.91. The molecule has 22 heavy (non-hydrogen) atoms. The molecule has 0 aliphatic heterocycles. The zero-order chi connectivity index (χ0) is 16.1. The predicted octanol–water partition coefficient (Wildman–Crippen LogP) is 2.54. The molecule has 0 saturated heterocycles. The number of rotatable bonds is 5. The Morgan fingerprint density at radius 2 is 2.00 bits per heavy atom. The Kier molecular flexibility index (Phi) is 5.22. The number of hydrogen-bond donors (Lipinski definition) is 2. The predicted molar refractivity (Wildman–Crippen MR) is 81.4 cm³/mol. The molecule has 3 N–H and O–H groups in total. The number of nitrogens with one attached hydrogen (secondary N) is 1. The summed E-state index contributed by atoms with van der Waals surface area (Å²) in [4.78, 5) is 11.9. The van der Waals surface area contributed by atoms with Gasteiger partial charge in [0.15, 0.2) is 6.54 Å². The van der Waals surface area contributed by atoms with Gasteiger partial charge in [-0.05, 0) is 43.7 Å². The van der Waals surface area contributed by atoms with Gasteiger partial charge in [0.25, 0.3) is 5.91 Å². The van der Waals surface area contributed by atoms with Gasteiger partial charge in [-0.2, -0.15) is 0 Å². The molecular formula is C17H19F2N2O+. The van der Waals surface area contributed by atoms with Crippen LogP contribution in [0.1, 0.15) is 24.1 Å². The molecular weight excluding hydrogens is 286 g/mol. The highest BCUT2D eigenvalue weighted by atomic mass is 19.1. The lowest BCUT2D eigenvalue weighted by Crippen LogP contribution is -2.86. The number of halogens is 2. The molecule has 1 amide bonds. The first-order valence-corrected chi connectivity index (χ1v) is 7.10. The number of quaternary nitrogens is 1. The van der Waals surface area contributed by atoms with Crippen molar-refractivity contribution in [2.45, 2.75) is 19.9 Å². The molecule has 0 aliphatic carbocycles. The lowest BCUT2D eigenvalue weighted by Gasteiger charge is -2.12. The molecule has 3 nitrogen and oxygen atoms in total. The van der Waals surface area contributed by atoms with Crippen molar-refractivity contribution in [3.8, 4) is 0 Å². The van der Waals surface area contributed by atoms with Crippen molar-refractivity contribution in [1.29, 1.82) is 0 Å². The van der Waals surface area contributed by atoms with E-state index >= 15 is 0 Å². The van der Waals surface area contributed by atoms with Gasteiger partial charge in [-0.1, -0.05) is 12.1 Å². The van der Waals surface area contributed by atoms with Gasteiger partial charge in [-0.3, -0.25) is 4.79 Å². The smallest absolute Gasteiger partial charge is 0.279 e. The van der Waals surface area contributed by atoms with Crippen LogP contribution < -0.4 is 10.6 Å².